The number of aromatic nitrogens is 2. The molecule has 40 heavy (non-hydrogen) atoms. The van der Waals surface area contributed by atoms with Gasteiger partial charge in [-0.1, -0.05) is 72.8 Å². The van der Waals surface area contributed by atoms with Crippen LogP contribution in [-0.4, -0.2) is 45.6 Å². The van der Waals surface area contributed by atoms with E-state index in [1.165, 1.54) is 16.5 Å². The average molecular weight is 539 g/mol. The standard InChI is InChI=1S/C32H34N4O4/c1-35(28-15-17-29(18-16-28)39-21-24-9-4-2-5-10-24)32(38)36-20-30(33-23-36)26-13-8-14-27(19-26)31(37)34-40-22-25-11-6-3-7-12-25/h2-14,19-20,23,28-29H,15-18,21-22H2,1H3,(H,34,37)/t28-,29-. The summed E-state index contributed by atoms with van der Waals surface area (Å²) in [7, 11) is 1.85. The van der Waals surface area contributed by atoms with Gasteiger partial charge in [0.1, 0.15) is 6.33 Å². The lowest BCUT2D eigenvalue weighted by Crippen LogP contribution is -2.42. The molecule has 0 radical (unpaired) electrons. The molecule has 0 aliphatic heterocycles. The average Bonchev–Trinajstić information content (AvgIpc) is 3.51. The molecule has 0 saturated heterocycles. The molecule has 8 heteroatoms. The Morgan fingerprint density at radius 3 is 2.27 bits per heavy atom. The van der Waals surface area contributed by atoms with Gasteiger partial charge >= 0.3 is 6.03 Å². The molecule has 1 aromatic heterocycles. The highest BCUT2D eigenvalue weighted by Crippen LogP contribution is 2.26. The highest BCUT2D eigenvalue weighted by Gasteiger charge is 2.28. The van der Waals surface area contributed by atoms with Gasteiger partial charge in [-0.3, -0.25) is 14.2 Å². The van der Waals surface area contributed by atoms with Gasteiger partial charge in [0.25, 0.3) is 5.91 Å². The van der Waals surface area contributed by atoms with Crippen molar-refractivity contribution in [2.75, 3.05) is 7.05 Å². The molecule has 206 valence electrons. The molecule has 1 aliphatic carbocycles. The van der Waals surface area contributed by atoms with Crippen molar-refractivity contribution in [3.8, 4) is 11.3 Å². The van der Waals surface area contributed by atoms with Crippen molar-refractivity contribution in [1.82, 2.24) is 19.9 Å². The Labute approximate surface area is 234 Å². The van der Waals surface area contributed by atoms with Crippen LogP contribution < -0.4 is 5.48 Å². The maximum absolute atomic E-state index is 13.2. The van der Waals surface area contributed by atoms with E-state index in [4.69, 9.17) is 9.57 Å². The van der Waals surface area contributed by atoms with E-state index in [1.807, 2.05) is 61.6 Å². The van der Waals surface area contributed by atoms with E-state index in [0.717, 1.165) is 36.8 Å². The quantitative estimate of drug-likeness (QED) is 0.271. The molecular formula is C32H34N4O4. The largest absolute Gasteiger partial charge is 0.374 e. The Balaban J connectivity index is 1.13. The van der Waals surface area contributed by atoms with Gasteiger partial charge in [0, 0.05) is 30.4 Å². The maximum Gasteiger partial charge on any atom is 0.329 e. The fraction of sp³-hybridized carbons (Fsp3) is 0.281. The first-order chi connectivity index (χ1) is 19.6. The lowest BCUT2D eigenvalue weighted by atomic mass is 9.92. The second kappa shape index (κ2) is 13.2. The summed E-state index contributed by atoms with van der Waals surface area (Å²) in [5.41, 5.74) is 6.41. The molecule has 1 aliphatic rings. The summed E-state index contributed by atoms with van der Waals surface area (Å²) < 4.78 is 7.61. The first-order valence-electron chi connectivity index (χ1n) is 13.6. The van der Waals surface area contributed by atoms with Crippen LogP contribution in [0.15, 0.2) is 97.5 Å². The summed E-state index contributed by atoms with van der Waals surface area (Å²) in [6.45, 7) is 0.890. The van der Waals surface area contributed by atoms with E-state index in [1.54, 1.807) is 29.3 Å². The van der Waals surface area contributed by atoms with Crippen molar-refractivity contribution in [1.29, 1.82) is 0 Å². The molecule has 1 fully saturated rings. The number of benzene rings is 3. The Hall–Kier alpha value is -4.27. The number of hydrogen-bond acceptors (Lipinski definition) is 5. The Bertz CT molecular complexity index is 1400. The van der Waals surface area contributed by atoms with E-state index < -0.39 is 0 Å². The van der Waals surface area contributed by atoms with Gasteiger partial charge < -0.3 is 9.64 Å². The van der Waals surface area contributed by atoms with Crippen LogP contribution in [0.1, 0.15) is 47.2 Å². The van der Waals surface area contributed by atoms with Crippen molar-refractivity contribution in [3.05, 3.63) is 114 Å². The fourth-order valence-electron chi connectivity index (χ4n) is 4.94. The van der Waals surface area contributed by atoms with Crippen LogP contribution in [0, 0.1) is 0 Å². The maximum atomic E-state index is 13.2. The molecule has 0 spiro atoms. The molecule has 3 aromatic carbocycles. The Morgan fingerprint density at radius 2 is 1.57 bits per heavy atom. The molecule has 0 atom stereocenters. The van der Waals surface area contributed by atoms with Gasteiger partial charge in [0.05, 0.1) is 25.0 Å². The van der Waals surface area contributed by atoms with Crippen LogP contribution in [0.25, 0.3) is 11.3 Å². The first kappa shape index (κ1) is 27.3. The molecule has 1 N–H and O–H groups in total. The van der Waals surface area contributed by atoms with Gasteiger partial charge in [-0.05, 0) is 48.9 Å². The number of nitrogens with one attached hydrogen (secondary N) is 1. The van der Waals surface area contributed by atoms with E-state index in [9.17, 15) is 9.59 Å². The fourth-order valence-corrected chi connectivity index (χ4v) is 4.94. The summed E-state index contributed by atoms with van der Waals surface area (Å²) in [6, 6.07) is 26.9. The minimum absolute atomic E-state index is 0.129. The number of ether oxygens (including phenoxy) is 1. The predicted octanol–water partition coefficient (Wildman–Crippen LogP) is 5.84. The molecule has 0 unspecified atom stereocenters. The van der Waals surface area contributed by atoms with Gasteiger partial charge in [-0.25, -0.2) is 15.3 Å². The number of carbonyl (C=O) groups is 2. The monoisotopic (exact) mass is 538 g/mol. The summed E-state index contributed by atoms with van der Waals surface area (Å²) >= 11 is 0. The highest BCUT2D eigenvalue weighted by molar-refractivity contribution is 5.94. The highest BCUT2D eigenvalue weighted by atomic mass is 16.6. The molecule has 4 aromatic rings. The molecular weight excluding hydrogens is 504 g/mol. The van der Waals surface area contributed by atoms with Gasteiger partial charge in [0.2, 0.25) is 0 Å². The van der Waals surface area contributed by atoms with E-state index in [2.05, 4.69) is 22.6 Å². The summed E-state index contributed by atoms with van der Waals surface area (Å²) in [5.74, 6) is -0.351. The number of hydrogen-bond donors (Lipinski definition) is 1. The molecule has 1 heterocycles. The predicted molar refractivity (Wildman–Crippen MR) is 152 cm³/mol. The van der Waals surface area contributed by atoms with Crippen molar-refractivity contribution < 1.29 is 19.2 Å². The van der Waals surface area contributed by atoms with Crippen molar-refractivity contribution in [2.45, 2.75) is 51.0 Å². The van der Waals surface area contributed by atoms with Gasteiger partial charge in [0.15, 0.2) is 0 Å². The van der Waals surface area contributed by atoms with Crippen molar-refractivity contribution in [3.63, 3.8) is 0 Å². The zero-order valence-electron chi connectivity index (χ0n) is 22.6. The minimum atomic E-state index is -0.351. The number of hydroxylamine groups is 1. The normalized spacial score (nSPS) is 16.8. The number of nitrogens with zero attached hydrogens (tertiary/aromatic N) is 3. The van der Waals surface area contributed by atoms with E-state index in [-0.39, 0.29) is 30.7 Å². The lowest BCUT2D eigenvalue weighted by molar-refractivity contribution is 0.00403. The third kappa shape index (κ3) is 7.02. The Kier molecular flexibility index (Phi) is 9.00. The third-order valence-corrected chi connectivity index (χ3v) is 7.29. The van der Waals surface area contributed by atoms with E-state index in [0.29, 0.717) is 17.9 Å². The summed E-state index contributed by atoms with van der Waals surface area (Å²) in [6.07, 6.45) is 7.09. The third-order valence-electron chi connectivity index (χ3n) is 7.29. The van der Waals surface area contributed by atoms with Crippen LogP contribution in [0.3, 0.4) is 0 Å². The molecule has 8 nitrogen and oxygen atoms in total. The summed E-state index contributed by atoms with van der Waals surface area (Å²) in [4.78, 5) is 37.4. The molecule has 1 saturated carbocycles. The van der Waals surface area contributed by atoms with Crippen LogP contribution in [-0.2, 0) is 22.8 Å². The lowest BCUT2D eigenvalue weighted by Gasteiger charge is -2.34. The van der Waals surface area contributed by atoms with Gasteiger partial charge in [-0.15, -0.1) is 0 Å². The zero-order chi connectivity index (χ0) is 27.7. The van der Waals surface area contributed by atoms with Crippen LogP contribution >= 0.6 is 0 Å². The SMILES string of the molecule is CN(C(=O)n1cnc(-c2cccc(C(=O)NOCc3ccccc3)c2)c1)[C@H]1CC[C@H](OCc2ccccc2)CC1. The second-order valence-corrected chi connectivity index (χ2v) is 10.1. The van der Waals surface area contributed by atoms with Crippen molar-refractivity contribution >= 4 is 11.9 Å². The van der Waals surface area contributed by atoms with Crippen LogP contribution in [0.5, 0.6) is 0 Å². The first-order valence-corrected chi connectivity index (χ1v) is 13.6. The second-order valence-electron chi connectivity index (χ2n) is 10.1. The minimum Gasteiger partial charge on any atom is -0.374 e. The molecule has 2 amide bonds. The summed E-state index contributed by atoms with van der Waals surface area (Å²) in [5, 5.41) is 0. The van der Waals surface area contributed by atoms with E-state index >= 15 is 0 Å². The molecule has 5 rings (SSSR count). The van der Waals surface area contributed by atoms with Gasteiger partial charge in [-0.2, -0.15) is 0 Å². The van der Waals surface area contributed by atoms with Crippen molar-refractivity contribution in [2.24, 2.45) is 0 Å². The zero-order valence-corrected chi connectivity index (χ0v) is 22.6. The number of carbonyl (C=O) groups excluding carboxylic acids is 2. The number of imidazole rings is 1. The Morgan fingerprint density at radius 1 is 0.900 bits per heavy atom. The van der Waals surface area contributed by atoms with Crippen LogP contribution in [0.4, 0.5) is 4.79 Å². The number of rotatable bonds is 9. The number of amides is 2. The molecule has 0 bridgehead atoms. The van der Waals surface area contributed by atoms with Crippen LogP contribution in [0.2, 0.25) is 0 Å². The smallest absolute Gasteiger partial charge is 0.329 e. The topological polar surface area (TPSA) is 85.7 Å².